The predicted molar refractivity (Wildman–Crippen MR) is 120 cm³/mol. The average molecular weight is 404 g/mol. The minimum Gasteiger partial charge on any atom is -0.379 e. The van der Waals surface area contributed by atoms with Crippen molar-refractivity contribution in [3.63, 3.8) is 0 Å². The number of nitrogens with zero attached hydrogens (tertiary/aromatic N) is 2. The van der Waals surface area contributed by atoms with Crippen molar-refractivity contribution >= 4 is 5.91 Å². The number of carbonyl (C=O) groups excluding carboxylic acids is 1. The number of hydrogen-bond acceptors (Lipinski definition) is 3. The first-order valence-corrected chi connectivity index (χ1v) is 10.6. The number of morpholine rings is 1. The molecule has 3 aromatic rings. The van der Waals surface area contributed by atoms with Crippen LogP contribution in [0.1, 0.15) is 22.5 Å². The lowest BCUT2D eigenvalue weighted by atomic mass is 10.0. The Kier molecular flexibility index (Phi) is 6.31. The summed E-state index contributed by atoms with van der Waals surface area (Å²) in [5.74, 6) is -0.374. The molecule has 2 heterocycles. The molecule has 0 unspecified atom stereocenters. The van der Waals surface area contributed by atoms with Crippen molar-refractivity contribution < 1.29 is 9.53 Å². The minimum absolute atomic E-state index is 0.374. The molecule has 30 heavy (non-hydrogen) atoms. The highest BCUT2D eigenvalue weighted by Gasteiger charge is 2.17. The van der Waals surface area contributed by atoms with Crippen LogP contribution in [-0.2, 0) is 11.3 Å². The molecule has 1 fully saturated rings. The van der Waals surface area contributed by atoms with Gasteiger partial charge in [0, 0.05) is 37.6 Å². The van der Waals surface area contributed by atoms with Gasteiger partial charge in [-0.1, -0.05) is 54.6 Å². The largest absolute Gasteiger partial charge is 0.379 e. The van der Waals surface area contributed by atoms with E-state index in [1.54, 1.807) is 0 Å². The standard InChI is InChI=1S/C25H29N3O2/c1-19-23(25(26)29)18-24(28(19)13-5-12-27-14-16-30-17-15-27)22-10-8-21(9-11-22)20-6-3-2-4-7-20/h2-4,6-11,18H,5,12-17H2,1H3,(H2,26,29). The number of carbonyl (C=O) groups is 1. The minimum atomic E-state index is -0.374. The van der Waals surface area contributed by atoms with E-state index >= 15 is 0 Å². The van der Waals surface area contributed by atoms with E-state index in [2.05, 4.69) is 45.9 Å². The summed E-state index contributed by atoms with van der Waals surface area (Å²) < 4.78 is 7.67. The van der Waals surface area contributed by atoms with Gasteiger partial charge in [-0.2, -0.15) is 0 Å². The molecule has 5 nitrogen and oxygen atoms in total. The first-order chi connectivity index (χ1) is 14.6. The Labute approximate surface area is 178 Å². The van der Waals surface area contributed by atoms with E-state index in [1.807, 2.05) is 31.2 Å². The quantitative estimate of drug-likeness (QED) is 0.650. The predicted octanol–water partition coefficient (Wildman–Crippen LogP) is 3.95. The zero-order valence-corrected chi connectivity index (χ0v) is 17.5. The smallest absolute Gasteiger partial charge is 0.250 e. The number of aromatic nitrogens is 1. The fourth-order valence-corrected chi connectivity index (χ4v) is 4.16. The zero-order valence-electron chi connectivity index (χ0n) is 17.5. The summed E-state index contributed by atoms with van der Waals surface area (Å²) in [5, 5.41) is 0. The first kappa shape index (κ1) is 20.4. The molecular weight excluding hydrogens is 374 g/mol. The fraction of sp³-hybridized carbons (Fsp3) is 0.320. The molecule has 4 rings (SSSR count). The molecule has 5 heteroatoms. The highest BCUT2D eigenvalue weighted by molar-refractivity contribution is 5.95. The van der Waals surface area contributed by atoms with Gasteiger partial charge in [0.05, 0.1) is 18.8 Å². The van der Waals surface area contributed by atoms with Gasteiger partial charge in [0.25, 0.3) is 5.91 Å². The van der Waals surface area contributed by atoms with Gasteiger partial charge in [0.1, 0.15) is 0 Å². The van der Waals surface area contributed by atoms with Crippen LogP contribution in [0.25, 0.3) is 22.4 Å². The Bertz CT molecular complexity index is 987. The summed E-state index contributed by atoms with van der Waals surface area (Å²) in [4.78, 5) is 14.4. The summed E-state index contributed by atoms with van der Waals surface area (Å²) in [5.41, 5.74) is 11.7. The maximum Gasteiger partial charge on any atom is 0.250 e. The molecule has 2 N–H and O–H groups in total. The molecule has 1 aliphatic rings. The van der Waals surface area contributed by atoms with Crippen LogP contribution in [0.3, 0.4) is 0 Å². The summed E-state index contributed by atoms with van der Waals surface area (Å²) in [6.07, 6.45) is 1.02. The third-order valence-electron chi connectivity index (χ3n) is 5.88. The number of amides is 1. The zero-order chi connectivity index (χ0) is 20.9. The van der Waals surface area contributed by atoms with Crippen LogP contribution in [0.4, 0.5) is 0 Å². The Morgan fingerprint density at radius 1 is 0.933 bits per heavy atom. The van der Waals surface area contributed by atoms with Crippen molar-refractivity contribution in [2.75, 3.05) is 32.8 Å². The highest BCUT2D eigenvalue weighted by Crippen LogP contribution is 2.29. The Hall–Kier alpha value is -2.89. The molecule has 156 valence electrons. The molecular formula is C25H29N3O2. The van der Waals surface area contributed by atoms with Crippen LogP contribution in [-0.4, -0.2) is 48.2 Å². The Balaban J connectivity index is 1.57. The van der Waals surface area contributed by atoms with E-state index < -0.39 is 0 Å². The number of nitrogens with two attached hydrogens (primary N) is 1. The molecule has 1 aliphatic heterocycles. The number of hydrogen-bond donors (Lipinski definition) is 1. The van der Waals surface area contributed by atoms with E-state index in [4.69, 9.17) is 10.5 Å². The van der Waals surface area contributed by atoms with E-state index in [-0.39, 0.29) is 5.91 Å². The Morgan fingerprint density at radius 2 is 1.57 bits per heavy atom. The second-order valence-electron chi connectivity index (χ2n) is 7.80. The van der Waals surface area contributed by atoms with Crippen LogP contribution < -0.4 is 5.73 Å². The molecule has 1 saturated heterocycles. The maximum atomic E-state index is 12.0. The van der Waals surface area contributed by atoms with Crippen LogP contribution in [0.2, 0.25) is 0 Å². The lowest BCUT2D eigenvalue weighted by Crippen LogP contribution is -2.37. The summed E-state index contributed by atoms with van der Waals surface area (Å²) in [6, 6.07) is 20.8. The van der Waals surface area contributed by atoms with Crippen LogP contribution >= 0.6 is 0 Å². The molecule has 0 atom stereocenters. The average Bonchev–Trinajstić information content (AvgIpc) is 3.12. The summed E-state index contributed by atoms with van der Waals surface area (Å²) in [7, 11) is 0. The van der Waals surface area contributed by atoms with Gasteiger partial charge in [-0.15, -0.1) is 0 Å². The van der Waals surface area contributed by atoms with E-state index in [1.165, 1.54) is 11.1 Å². The van der Waals surface area contributed by atoms with Crippen molar-refractivity contribution in [3.8, 4) is 22.4 Å². The molecule has 0 bridgehead atoms. The van der Waals surface area contributed by atoms with Gasteiger partial charge in [-0.3, -0.25) is 9.69 Å². The summed E-state index contributed by atoms with van der Waals surface area (Å²) in [6.45, 7) is 7.47. The van der Waals surface area contributed by atoms with Crippen molar-refractivity contribution in [2.45, 2.75) is 19.9 Å². The van der Waals surface area contributed by atoms with Gasteiger partial charge in [0.15, 0.2) is 0 Å². The lowest BCUT2D eigenvalue weighted by Gasteiger charge is -2.26. The van der Waals surface area contributed by atoms with E-state index in [9.17, 15) is 4.79 Å². The van der Waals surface area contributed by atoms with Crippen molar-refractivity contribution in [3.05, 3.63) is 71.9 Å². The fourth-order valence-electron chi connectivity index (χ4n) is 4.16. The van der Waals surface area contributed by atoms with Gasteiger partial charge in [-0.25, -0.2) is 0 Å². The third-order valence-corrected chi connectivity index (χ3v) is 5.88. The Morgan fingerprint density at radius 3 is 2.23 bits per heavy atom. The van der Waals surface area contributed by atoms with Gasteiger partial charge in [0.2, 0.25) is 0 Å². The van der Waals surface area contributed by atoms with Crippen molar-refractivity contribution in [1.82, 2.24) is 9.47 Å². The van der Waals surface area contributed by atoms with Crippen molar-refractivity contribution in [1.29, 1.82) is 0 Å². The van der Waals surface area contributed by atoms with Crippen LogP contribution in [0.15, 0.2) is 60.7 Å². The van der Waals surface area contributed by atoms with Crippen LogP contribution in [0.5, 0.6) is 0 Å². The summed E-state index contributed by atoms with van der Waals surface area (Å²) >= 11 is 0. The molecule has 2 aromatic carbocycles. The molecule has 0 spiro atoms. The molecule has 0 saturated carbocycles. The SMILES string of the molecule is Cc1c(C(N)=O)cc(-c2ccc(-c3ccccc3)cc2)n1CCCN1CCOCC1. The topological polar surface area (TPSA) is 60.5 Å². The first-order valence-electron chi connectivity index (χ1n) is 10.6. The van der Waals surface area contributed by atoms with Crippen LogP contribution in [0, 0.1) is 6.92 Å². The number of rotatable bonds is 7. The van der Waals surface area contributed by atoms with Gasteiger partial charge < -0.3 is 15.0 Å². The molecule has 0 radical (unpaired) electrons. The second-order valence-corrected chi connectivity index (χ2v) is 7.80. The van der Waals surface area contributed by atoms with Gasteiger partial charge in [-0.05, 0) is 36.1 Å². The highest BCUT2D eigenvalue weighted by atomic mass is 16.5. The van der Waals surface area contributed by atoms with Crippen molar-refractivity contribution in [2.24, 2.45) is 5.73 Å². The number of benzene rings is 2. The number of ether oxygens (including phenoxy) is 1. The van der Waals surface area contributed by atoms with Gasteiger partial charge >= 0.3 is 0 Å². The molecule has 0 aliphatic carbocycles. The molecule has 1 aromatic heterocycles. The lowest BCUT2D eigenvalue weighted by molar-refractivity contribution is 0.0369. The molecule has 1 amide bonds. The maximum absolute atomic E-state index is 12.0. The third kappa shape index (κ3) is 4.48. The normalized spacial score (nSPS) is 14.7. The number of primary amides is 1. The monoisotopic (exact) mass is 403 g/mol. The van der Waals surface area contributed by atoms with E-state index in [0.29, 0.717) is 5.56 Å². The van der Waals surface area contributed by atoms with E-state index in [0.717, 1.165) is 62.8 Å². The second kappa shape index (κ2) is 9.28.